The quantitative estimate of drug-likeness (QED) is 0.558. The normalized spacial score (nSPS) is 11.1. The lowest BCUT2D eigenvalue weighted by Gasteiger charge is -2.05. The molecule has 0 aromatic heterocycles. The zero-order valence-electron chi connectivity index (χ0n) is 12.3. The number of allylic oxidation sites excluding steroid dienone is 1. The van der Waals surface area contributed by atoms with E-state index in [0.717, 1.165) is 10.9 Å². The van der Waals surface area contributed by atoms with Crippen LogP contribution in [0.1, 0.15) is 21.5 Å². The van der Waals surface area contributed by atoms with E-state index in [1.807, 2.05) is 61.5 Å². The Morgan fingerprint density at radius 1 is 0.955 bits per heavy atom. The third-order valence-corrected chi connectivity index (χ3v) is 3.67. The van der Waals surface area contributed by atoms with E-state index < -0.39 is 0 Å². The molecule has 3 rings (SSSR count). The van der Waals surface area contributed by atoms with Gasteiger partial charge >= 0.3 is 0 Å². The van der Waals surface area contributed by atoms with Crippen LogP contribution in [0.4, 0.5) is 0 Å². The first-order chi connectivity index (χ1) is 10.6. The summed E-state index contributed by atoms with van der Waals surface area (Å²) < 4.78 is 0. The molecule has 3 aromatic rings. The van der Waals surface area contributed by atoms with Crippen LogP contribution in [0.3, 0.4) is 0 Å². The van der Waals surface area contributed by atoms with E-state index in [1.54, 1.807) is 12.1 Å². The van der Waals surface area contributed by atoms with Gasteiger partial charge in [-0.1, -0.05) is 66.2 Å². The van der Waals surface area contributed by atoms with Crippen LogP contribution in [-0.4, -0.2) is 10.9 Å². The minimum absolute atomic E-state index is 0.0386. The van der Waals surface area contributed by atoms with Gasteiger partial charge in [0.05, 0.1) is 5.56 Å². The average molecular weight is 288 g/mol. The Morgan fingerprint density at radius 2 is 1.68 bits per heavy atom. The van der Waals surface area contributed by atoms with Crippen LogP contribution in [0.15, 0.2) is 66.7 Å². The van der Waals surface area contributed by atoms with E-state index in [1.165, 1.54) is 11.6 Å². The number of hydrogen-bond donors (Lipinski definition) is 1. The molecule has 0 aliphatic rings. The Kier molecular flexibility index (Phi) is 3.75. The maximum absolute atomic E-state index is 12.3. The molecule has 0 spiro atoms. The van der Waals surface area contributed by atoms with Crippen molar-refractivity contribution in [3.05, 3.63) is 83.4 Å². The Bertz CT molecular complexity index is 859. The van der Waals surface area contributed by atoms with Crippen LogP contribution in [0.5, 0.6) is 5.75 Å². The van der Waals surface area contributed by atoms with Crippen molar-refractivity contribution < 1.29 is 9.90 Å². The van der Waals surface area contributed by atoms with Gasteiger partial charge in [0.2, 0.25) is 0 Å². The molecule has 0 unspecified atom stereocenters. The van der Waals surface area contributed by atoms with Crippen molar-refractivity contribution >= 4 is 22.6 Å². The summed E-state index contributed by atoms with van der Waals surface area (Å²) in [5.41, 5.74) is 2.46. The van der Waals surface area contributed by atoms with Crippen LogP contribution >= 0.6 is 0 Å². The summed E-state index contributed by atoms with van der Waals surface area (Å²) in [5.74, 6) is -0.166. The van der Waals surface area contributed by atoms with E-state index in [9.17, 15) is 9.90 Å². The zero-order valence-corrected chi connectivity index (χ0v) is 12.3. The Morgan fingerprint density at radius 3 is 2.45 bits per heavy atom. The first kappa shape index (κ1) is 14.1. The number of aromatic hydroxyl groups is 1. The number of carbonyl (C=O) groups excluding carboxylic acids is 1. The van der Waals surface area contributed by atoms with Crippen molar-refractivity contribution in [1.29, 1.82) is 0 Å². The smallest absolute Gasteiger partial charge is 0.189 e. The van der Waals surface area contributed by atoms with E-state index >= 15 is 0 Å². The molecule has 0 heterocycles. The lowest BCUT2D eigenvalue weighted by molar-refractivity contribution is 0.104. The fourth-order valence-electron chi connectivity index (χ4n) is 2.39. The van der Waals surface area contributed by atoms with Crippen molar-refractivity contribution in [1.82, 2.24) is 0 Å². The molecular weight excluding hydrogens is 272 g/mol. The molecular formula is C20H16O2. The number of carbonyl (C=O) groups is 1. The van der Waals surface area contributed by atoms with Gasteiger partial charge in [0.15, 0.2) is 5.78 Å². The monoisotopic (exact) mass is 288 g/mol. The molecule has 3 aromatic carbocycles. The number of aryl methyl sites for hydroxylation is 1. The maximum atomic E-state index is 12.3. The van der Waals surface area contributed by atoms with Crippen LogP contribution in [0.25, 0.3) is 16.8 Å². The molecule has 0 atom stereocenters. The molecule has 0 fully saturated rings. The van der Waals surface area contributed by atoms with Crippen LogP contribution in [0, 0.1) is 6.92 Å². The number of phenols is 1. The second-order valence-electron chi connectivity index (χ2n) is 5.29. The van der Waals surface area contributed by atoms with Crippen molar-refractivity contribution in [3.63, 3.8) is 0 Å². The van der Waals surface area contributed by atoms with Gasteiger partial charge in [0.25, 0.3) is 0 Å². The highest BCUT2D eigenvalue weighted by Crippen LogP contribution is 2.29. The Hall–Kier alpha value is -2.87. The minimum Gasteiger partial charge on any atom is -0.507 e. The molecule has 2 heteroatoms. The molecule has 0 saturated heterocycles. The van der Waals surface area contributed by atoms with Crippen LogP contribution < -0.4 is 0 Å². The summed E-state index contributed by atoms with van der Waals surface area (Å²) >= 11 is 0. The summed E-state index contributed by atoms with van der Waals surface area (Å²) in [5, 5.41) is 11.9. The maximum Gasteiger partial charge on any atom is 0.189 e. The minimum atomic E-state index is -0.205. The number of benzene rings is 3. The topological polar surface area (TPSA) is 37.3 Å². The molecule has 0 bridgehead atoms. The first-order valence-corrected chi connectivity index (χ1v) is 7.15. The SMILES string of the molecule is Cc1ccc(C=CC(=O)c2ccc3ccccc3c2O)cc1. The summed E-state index contributed by atoms with van der Waals surface area (Å²) in [6.07, 6.45) is 3.25. The van der Waals surface area contributed by atoms with E-state index in [4.69, 9.17) is 0 Å². The predicted octanol–water partition coefficient (Wildman–Crippen LogP) is 4.75. The first-order valence-electron chi connectivity index (χ1n) is 7.15. The van der Waals surface area contributed by atoms with Gasteiger partial charge in [0.1, 0.15) is 5.75 Å². The summed E-state index contributed by atoms with van der Waals surface area (Å²) in [4.78, 5) is 12.3. The molecule has 2 nitrogen and oxygen atoms in total. The standard InChI is InChI=1S/C20H16O2/c1-14-6-8-15(9-7-14)10-13-19(21)18-12-11-16-4-2-3-5-17(16)20(18)22/h2-13,22H,1H3. The van der Waals surface area contributed by atoms with Crippen molar-refractivity contribution in [2.75, 3.05) is 0 Å². The largest absolute Gasteiger partial charge is 0.507 e. The zero-order chi connectivity index (χ0) is 15.5. The molecule has 0 aliphatic carbocycles. The number of phenolic OH excluding ortho intramolecular Hbond substituents is 1. The fraction of sp³-hybridized carbons (Fsp3) is 0.0500. The summed E-state index contributed by atoms with van der Waals surface area (Å²) in [7, 11) is 0. The van der Waals surface area contributed by atoms with Gasteiger partial charge in [-0.15, -0.1) is 0 Å². The fourth-order valence-corrected chi connectivity index (χ4v) is 2.39. The lowest BCUT2D eigenvalue weighted by Crippen LogP contribution is -1.95. The van der Waals surface area contributed by atoms with Crippen LogP contribution in [0.2, 0.25) is 0 Å². The molecule has 108 valence electrons. The number of ketones is 1. The van der Waals surface area contributed by atoms with Crippen LogP contribution in [-0.2, 0) is 0 Å². The molecule has 0 aliphatic heterocycles. The second-order valence-corrected chi connectivity index (χ2v) is 5.29. The van der Waals surface area contributed by atoms with Gasteiger partial charge in [0, 0.05) is 5.39 Å². The van der Waals surface area contributed by atoms with Gasteiger partial charge in [-0.25, -0.2) is 0 Å². The number of fused-ring (bicyclic) bond motifs is 1. The molecule has 0 saturated carbocycles. The highest BCUT2D eigenvalue weighted by molar-refractivity contribution is 6.11. The van der Waals surface area contributed by atoms with Gasteiger partial charge in [-0.2, -0.15) is 0 Å². The van der Waals surface area contributed by atoms with E-state index in [-0.39, 0.29) is 11.5 Å². The van der Waals surface area contributed by atoms with Gasteiger partial charge in [-0.05, 0) is 30.0 Å². The molecule has 0 amide bonds. The van der Waals surface area contributed by atoms with Crippen molar-refractivity contribution in [2.24, 2.45) is 0 Å². The second kappa shape index (κ2) is 5.86. The Balaban J connectivity index is 1.92. The molecule has 1 N–H and O–H groups in total. The predicted molar refractivity (Wildman–Crippen MR) is 90.2 cm³/mol. The van der Waals surface area contributed by atoms with E-state index in [0.29, 0.717) is 10.9 Å². The number of hydrogen-bond acceptors (Lipinski definition) is 2. The van der Waals surface area contributed by atoms with Crippen molar-refractivity contribution in [3.8, 4) is 5.75 Å². The third-order valence-electron chi connectivity index (χ3n) is 3.67. The highest BCUT2D eigenvalue weighted by atomic mass is 16.3. The third kappa shape index (κ3) is 2.77. The average Bonchev–Trinajstić information content (AvgIpc) is 2.55. The van der Waals surface area contributed by atoms with Gasteiger partial charge < -0.3 is 5.11 Å². The van der Waals surface area contributed by atoms with Crippen molar-refractivity contribution in [2.45, 2.75) is 6.92 Å². The van der Waals surface area contributed by atoms with Gasteiger partial charge in [-0.3, -0.25) is 4.79 Å². The molecule has 0 radical (unpaired) electrons. The molecule has 22 heavy (non-hydrogen) atoms. The number of rotatable bonds is 3. The summed E-state index contributed by atoms with van der Waals surface area (Å²) in [6, 6.07) is 18.9. The van der Waals surface area contributed by atoms with E-state index in [2.05, 4.69) is 0 Å². The Labute approximate surface area is 129 Å². The summed E-state index contributed by atoms with van der Waals surface area (Å²) in [6.45, 7) is 2.02. The highest BCUT2D eigenvalue weighted by Gasteiger charge is 2.11. The lowest BCUT2D eigenvalue weighted by atomic mass is 10.0.